The number of hydrogen-bond donors (Lipinski definition) is 0. The molecule has 10 heteroatoms. The fourth-order valence-corrected chi connectivity index (χ4v) is 7.15. The first-order chi connectivity index (χ1) is 17.9. The van der Waals surface area contributed by atoms with Gasteiger partial charge in [0.15, 0.2) is 14.9 Å². The van der Waals surface area contributed by atoms with Crippen molar-refractivity contribution >= 4 is 15.5 Å². The number of fused-ring (bicyclic) bond motifs is 1. The maximum absolute atomic E-state index is 15.2. The lowest BCUT2D eigenvalue weighted by atomic mass is 9.81. The first-order valence-electron chi connectivity index (χ1n) is 13.0. The molecule has 3 aliphatic heterocycles. The summed E-state index contributed by atoms with van der Waals surface area (Å²) in [7, 11) is -3.54. The first-order valence-corrected chi connectivity index (χ1v) is 14.7. The summed E-state index contributed by atoms with van der Waals surface area (Å²) in [5.74, 6) is 0.390. The molecule has 4 heterocycles. The van der Waals surface area contributed by atoms with Gasteiger partial charge in [0.05, 0.1) is 23.7 Å². The van der Waals surface area contributed by atoms with Crippen molar-refractivity contribution in [1.29, 1.82) is 0 Å². The minimum atomic E-state index is -3.54. The predicted octanol–water partition coefficient (Wildman–Crippen LogP) is 3.14. The molecule has 2 saturated heterocycles. The molecule has 1 aromatic heterocycles. The van der Waals surface area contributed by atoms with Crippen molar-refractivity contribution in [1.82, 2.24) is 19.9 Å². The van der Waals surface area contributed by atoms with Gasteiger partial charge >= 0.3 is 0 Å². The summed E-state index contributed by atoms with van der Waals surface area (Å²) in [5, 5.41) is 7.67. The molecular weight excluding hydrogens is 493 g/mol. The molecule has 0 amide bonds. The van der Waals surface area contributed by atoms with E-state index >= 15 is 4.39 Å². The van der Waals surface area contributed by atoms with Gasteiger partial charge in [-0.15, -0.1) is 5.10 Å². The van der Waals surface area contributed by atoms with Crippen molar-refractivity contribution < 1.29 is 17.5 Å². The minimum absolute atomic E-state index is 0.00528. The van der Waals surface area contributed by atoms with Crippen molar-refractivity contribution in [3.63, 3.8) is 0 Å². The van der Waals surface area contributed by atoms with Crippen LogP contribution in [-0.2, 0) is 22.8 Å². The Balaban J connectivity index is 1.21. The molecule has 3 aromatic rings. The Morgan fingerprint density at radius 3 is 2.59 bits per heavy atom. The first kappa shape index (κ1) is 24.4. The number of aromatic nitrogens is 3. The molecule has 196 valence electrons. The van der Waals surface area contributed by atoms with Crippen LogP contribution in [0.15, 0.2) is 53.7 Å². The molecule has 0 bridgehead atoms. The van der Waals surface area contributed by atoms with Crippen LogP contribution in [0.5, 0.6) is 5.75 Å². The number of nitrogens with zero attached hydrogens (tertiary/aromatic N) is 5. The Kier molecular flexibility index (Phi) is 6.40. The van der Waals surface area contributed by atoms with Gasteiger partial charge in [0, 0.05) is 43.1 Å². The van der Waals surface area contributed by atoms with E-state index in [-0.39, 0.29) is 34.5 Å². The fourth-order valence-electron chi connectivity index (χ4n) is 5.71. The summed E-state index contributed by atoms with van der Waals surface area (Å²) in [5.41, 5.74) is 2.82. The van der Waals surface area contributed by atoms with Crippen LogP contribution in [0.2, 0.25) is 0 Å². The van der Waals surface area contributed by atoms with Crippen molar-refractivity contribution in [2.45, 2.75) is 43.3 Å². The van der Waals surface area contributed by atoms with Gasteiger partial charge in [0.2, 0.25) is 0 Å². The number of benzene rings is 2. The van der Waals surface area contributed by atoms with Gasteiger partial charge in [-0.25, -0.2) is 12.8 Å². The second kappa shape index (κ2) is 9.72. The highest BCUT2D eigenvalue weighted by molar-refractivity contribution is 7.91. The van der Waals surface area contributed by atoms with Gasteiger partial charge in [-0.05, 0) is 44.5 Å². The van der Waals surface area contributed by atoms with Crippen LogP contribution in [-0.4, -0.2) is 72.9 Å². The predicted molar refractivity (Wildman–Crippen MR) is 138 cm³/mol. The van der Waals surface area contributed by atoms with Crippen LogP contribution >= 0.6 is 0 Å². The second-order valence-electron chi connectivity index (χ2n) is 10.4. The van der Waals surface area contributed by atoms with E-state index in [0.717, 1.165) is 25.1 Å². The topological polar surface area (TPSA) is 80.6 Å². The van der Waals surface area contributed by atoms with Gasteiger partial charge < -0.3 is 9.64 Å². The van der Waals surface area contributed by atoms with Gasteiger partial charge in [-0.3, -0.25) is 9.58 Å². The number of sulfone groups is 1. The molecule has 8 nitrogen and oxygen atoms in total. The van der Waals surface area contributed by atoms with E-state index in [4.69, 9.17) is 4.74 Å². The monoisotopic (exact) mass is 525 g/mol. The quantitative estimate of drug-likeness (QED) is 0.447. The van der Waals surface area contributed by atoms with Gasteiger partial charge in [-0.2, -0.15) is 0 Å². The summed E-state index contributed by atoms with van der Waals surface area (Å²) < 4.78 is 48.4. The lowest BCUT2D eigenvalue weighted by molar-refractivity contribution is 0.0500. The zero-order valence-corrected chi connectivity index (χ0v) is 21.8. The smallest absolute Gasteiger partial charge is 0.199 e. The maximum Gasteiger partial charge on any atom is 0.199 e. The van der Waals surface area contributed by atoms with Gasteiger partial charge in [0.1, 0.15) is 18.2 Å². The van der Waals surface area contributed by atoms with E-state index in [0.29, 0.717) is 37.7 Å². The third-order valence-corrected chi connectivity index (χ3v) is 9.66. The Labute approximate surface area is 216 Å². The molecule has 0 N–H and O–H groups in total. The lowest BCUT2D eigenvalue weighted by Gasteiger charge is -2.46. The van der Waals surface area contributed by atoms with Crippen LogP contribution in [0.4, 0.5) is 10.1 Å². The molecule has 2 fully saturated rings. The van der Waals surface area contributed by atoms with Crippen LogP contribution in [0, 0.1) is 11.7 Å². The van der Waals surface area contributed by atoms with Crippen LogP contribution in [0.1, 0.15) is 30.4 Å². The standard InChI is InChI=1S/C27H32FN5O3S/c1-2-33-16-27(29-30-33)37(34,35)18-20-14-32(15-20)24-12-22-21(11-19-7-4-3-5-8-19)25(31-9-6-10-31)17-36-26(22)13-23(24)28/h3-5,7-8,12-13,16,20-21,25H,2,6,9-11,14-15,17-18H2,1H3. The average molecular weight is 526 g/mol. The number of halogens is 1. The average Bonchev–Trinajstić information content (AvgIpc) is 3.33. The van der Waals surface area contributed by atoms with Crippen LogP contribution in [0.3, 0.4) is 0 Å². The number of ether oxygens (including phenoxy) is 1. The third kappa shape index (κ3) is 4.72. The van der Waals surface area contributed by atoms with Crippen LogP contribution < -0.4 is 9.64 Å². The van der Waals surface area contributed by atoms with Crippen molar-refractivity contribution in [3.8, 4) is 5.75 Å². The highest BCUT2D eigenvalue weighted by Gasteiger charge is 2.39. The van der Waals surface area contributed by atoms with E-state index in [1.165, 1.54) is 28.9 Å². The molecule has 0 radical (unpaired) electrons. The van der Waals surface area contributed by atoms with Crippen molar-refractivity contribution in [3.05, 3.63) is 65.6 Å². The maximum atomic E-state index is 15.2. The zero-order valence-electron chi connectivity index (χ0n) is 21.0. The van der Waals surface area contributed by atoms with Gasteiger partial charge in [-0.1, -0.05) is 35.5 Å². The van der Waals surface area contributed by atoms with Crippen molar-refractivity contribution in [2.75, 3.05) is 43.4 Å². The fraction of sp³-hybridized carbons (Fsp3) is 0.481. The molecular formula is C27H32FN5O3S. The number of likely N-dealkylation sites (tertiary alicyclic amines) is 1. The Morgan fingerprint density at radius 1 is 1.14 bits per heavy atom. The summed E-state index contributed by atoms with van der Waals surface area (Å²) in [6.45, 7) is 6.10. The molecule has 6 rings (SSSR count). The van der Waals surface area contributed by atoms with Gasteiger partial charge in [0.25, 0.3) is 0 Å². The highest BCUT2D eigenvalue weighted by atomic mass is 32.2. The number of rotatable bonds is 8. The van der Waals surface area contributed by atoms with E-state index in [9.17, 15) is 8.42 Å². The number of anilines is 1. The zero-order chi connectivity index (χ0) is 25.6. The molecule has 0 aliphatic carbocycles. The Morgan fingerprint density at radius 2 is 1.92 bits per heavy atom. The van der Waals surface area contributed by atoms with Crippen LogP contribution in [0.25, 0.3) is 0 Å². The molecule has 2 atom stereocenters. The summed E-state index contributed by atoms with van der Waals surface area (Å²) in [6.07, 6.45) is 3.53. The Hall–Kier alpha value is -2.98. The SMILES string of the molecule is CCn1cc(S(=O)(=O)CC2CN(c3cc4c(cc3F)OCC(N3CCC3)C4Cc3ccccc3)C2)nn1. The summed E-state index contributed by atoms with van der Waals surface area (Å²) in [6, 6.07) is 14.1. The molecule has 37 heavy (non-hydrogen) atoms. The largest absolute Gasteiger partial charge is 0.492 e. The summed E-state index contributed by atoms with van der Waals surface area (Å²) >= 11 is 0. The third-order valence-electron chi connectivity index (χ3n) is 7.92. The van der Waals surface area contributed by atoms with E-state index in [1.54, 1.807) is 0 Å². The molecule has 0 saturated carbocycles. The second-order valence-corrected chi connectivity index (χ2v) is 12.4. The number of hydrogen-bond acceptors (Lipinski definition) is 7. The molecule has 3 aliphatic rings. The van der Waals surface area contributed by atoms with E-state index in [2.05, 4.69) is 39.5 Å². The lowest BCUT2D eigenvalue weighted by Crippen LogP contribution is -2.53. The number of aryl methyl sites for hydroxylation is 1. The molecule has 2 aromatic carbocycles. The molecule has 0 spiro atoms. The van der Waals surface area contributed by atoms with E-state index < -0.39 is 9.84 Å². The highest BCUT2D eigenvalue weighted by Crippen LogP contribution is 2.43. The van der Waals surface area contributed by atoms with E-state index in [1.807, 2.05) is 24.0 Å². The van der Waals surface area contributed by atoms with Crippen molar-refractivity contribution in [2.24, 2.45) is 5.92 Å². The minimum Gasteiger partial charge on any atom is -0.492 e. The normalized spacial score (nSPS) is 22.2. The Bertz CT molecular complexity index is 1370. The molecule has 2 unspecified atom stereocenters. The summed E-state index contributed by atoms with van der Waals surface area (Å²) in [4.78, 5) is 4.41.